The molecule has 0 spiro atoms. The third kappa shape index (κ3) is 3.50. The second kappa shape index (κ2) is 7.64. The molecular weight excluding hydrogens is 366 g/mol. The van der Waals surface area contributed by atoms with E-state index in [1.807, 2.05) is 6.92 Å². The lowest BCUT2D eigenvalue weighted by Crippen LogP contribution is -2.41. The minimum absolute atomic E-state index is 0.147. The van der Waals surface area contributed by atoms with Crippen molar-refractivity contribution in [3.05, 3.63) is 89.5 Å². The second-order valence-corrected chi connectivity index (χ2v) is 6.57. The van der Waals surface area contributed by atoms with Crippen molar-refractivity contribution in [3.63, 3.8) is 0 Å². The van der Waals surface area contributed by atoms with Crippen molar-refractivity contribution < 1.29 is 19.4 Å². The molecule has 3 aromatic rings. The highest BCUT2D eigenvalue weighted by Crippen LogP contribution is 2.34. The van der Waals surface area contributed by atoms with E-state index in [4.69, 9.17) is 4.74 Å². The van der Waals surface area contributed by atoms with Gasteiger partial charge in [-0.1, -0.05) is 30.3 Å². The van der Waals surface area contributed by atoms with Crippen LogP contribution in [0.2, 0.25) is 0 Å². The van der Waals surface area contributed by atoms with Gasteiger partial charge in [-0.25, -0.2) is 4.90 Å². The molecule has 0 fully saturated rings. The Morgan fingerprint density at radius 2 is 1.52 bits per heavy atom. The van der Waals surface area contributed by atoms with Crippen molar-refractivity contribution in [1.82, 2.24) is 0 Å². The zero-order valence-corrected chi connectivity index (χ0v) is 15.8. The van der Waals surface area contributed by atoms with Crippen molar-refractivity contribution in [2.75, 3.05) is 11.5 Å². The molecule has 0 unspecified atom stereocenters. The number of anilines is 1. The number of nitrogens with zero attached hydrogens (tertiary/aromatic N) is 1. The fourth-order valence-electron chi connectivity index (χ4n) is 3.32. The van der Waals surface area contributed by atoms with Gasteiger partial charge in [0, 0.05) is 11.1 Å². The number of amides is 2. The molecule has 0 bridgehead atoms. The van der Waals surface area contributed by atoms with Crippen molar-refractivity contribution in [1.29, 1.82) is 0 Å². The number of rotatable bonds is 4. The summed E-state index contributed by atoms with van der Waals surface area (Å²) in [6.07, 6.45) is 1.73. The molecule has 0 atom stereocenters. The molecule has 0 aromatic heterocycles. The normalized spacial score (nSPS) is 14.8. The number of carbonyl (C=O) groups excluding carboxylic acids is 2. The lowest BCUT2D eigenvalue weighted by molar-refractivity contribution is -0.112. The average Bonchev–Trinajstić information content (AvgIpc) is 2.74. The summed E-state index contributed by atoms with van der Waals surface area (Å²) < 4.78 is 5.45. The smallest absolute Gasteiger partial charge is 0.265 e. The van der Waals surface area contributed by atoms with Crippen LogP contribution in [0.5, 0.6) is 11.5 Å². The Morgan fingerprint density at radius 1 is 0.862 bits per heavy atom. The number of aromatic hydroxyl groups is 1. The topological polar surface area (TPSA) is 66.8 Å². The number of carbonyl (C=O) groups is 2. The highest BCUT2D eigenvalue weighted by molar-refractivity contribution is 6.43. The van der Waals surface area contributed by atoms with E-state index < -0.39 is 5.91 Å². The summed E-state index contributed by atoms with van der Waals surface area (Å²) in [7, 11) is 0. The molecule has 0 aliphatic carbocycles. The Balaban J connectivity index is 1.81. The van der Waals surface area contributed by atoms with Crippen LogP contribution in [0.4, 0.5) is 5.69 Å². The summed E-state index contributed by atoms with van der Waals surface area (Å²) >= 11 is 0. The number of hydrogen-bond donors (Lipinski definition) is 1. The molecular formula is C24H19NO4. The molecule has 1 aliphatic heterocycles. The number of imide groups is 1. The molecule has 1 heterocycles. The number of ether oxygens (including phenoxy) is 1. The molecule has 0 saturated carbocycles. The number of fused-ring (bicyclic) bond motifs is 1. The lowest BCUT2D eigenvalue weighted by Gasteiger charge is -2.28. The van der Waals surface area contributed by atoms with Gasteiger partial charge in [0.25, 0.3) is 11.8 Å². The maximum Gasteiger partial charge on any atom is 0.265 e. The van der Waals surface area contributed by atoms with Gasteiger partial charge < -0.3 is 9.84 Å². The molecule has 5 heteroatoms. The molecule has 4 rings (SSSR count). The predicted octanol–water partition coefficient (Wildman–Crippen LogP) is 4.52. The summed E-state index contributed by atoms with van der Waals surface area (Å²) in [6.45, 7) is 2.43. The molecule has 2 amide bonds. The van der Waals surface area contributed by atoms with Crippen LogP contribution in [0.1, 0.15) is 28.4 Å². The molecule has 144 valence electrons. The summed E-state index contributed by atoms with van der Waals surface area (Å²) in [5.74, 6) is 0.0608. The van der Waals surface area contributed by atoms with Crippen molar-refractivity contribution in [2.24, 2.45) is 0 Å². The first-order valence-electron chi connectivity index (χ1n) is 9.30. The monoisotopic (exact) mass is 385 g/mol. The SMILES string of the molecule is CCOc1ccc(N2C(=O)/C(=C\c3ccc(O)cc3)c3ccccc3C2=O)cc1. The molecule has 29 heavy (non-hydrogen) atoms. The molecule has 3 aromatic carbocycles. The molecule has 0 saturated heterocycles. The quantitative estimate of drug-likeness (QED) is 0.530. The first-order valence-corrected chi connectivity index (χ1v) is 9.30. The highest BCUT2D eigenvalue weighted by Gasteiger charge is 2.35. The van der Waals surface area contributed by atoms with E-state index in [9.17, 15) is 14.7 Å². The van der Waals surface area contributed by atoms with Gasteiger partial charge in [-0.2, -0.15) is 0 Å². The van der Waals surface area contributed by atoms with E-state index in [0.717, 1.165) is 5.56 Å². The molecule has 1 aliphatic rings. The van der Waals surface area contributed by atoms with Gasteiger partial charge in [0.2, 0.25) is 0 Å². The van der Waals surface area contributed by atoms with Crippen LogP contribution in [-0.2, 0) is 4.79 Å². The fourth-order valence-corrected chi connectivity index (χ4v) is 3.32. The second-order valence-electron chi connectivity index (χ2n) is 6.57. The Kier molecular flexibility index (Phi) is 4.87. The van der Waals surface area contributed by atoms with Gasteiger partial charge in [-0.05, 0) is 66.6 Å². The Bertz CT molecular complexity index is 1100. The zero-order chi connectivity index (χ0) is 20.4. The zero-order valence-electron chi connectivity index (χ0n) is 15.8. The third-order valence-corrected chi connectivity index (χ3v) is 4.69. The van der Waals surface area contributed by atoms with Gasteiger partial charge in [-0.15, -0.1) is 0 Å². The Morgan fingerprint density at radius 3 is 2.17 bits per heavy atom. The molecule has 1 N–H and O–H groups in total. The van der Waals surface area contributed by atoms with Crippen LogP contribution < -0.4 is 9.64 Å². The summed E-state index contributed by atoms with van der Waals surface area (Å²) in [5, 5.41) is 9.51. The minimum Gasteiger partial charge on any atom is -0.508 e. The first kappa shape index (κ1) is 18.5. The van der Waals surface area contributed by atoms with E-state index in [-0.39, 0.29) is 11.7 Å². The van der Waals surface area contributed by atoms with E-state index in [1.165, 1.54) is 4.90 Å². The Labute approximate surface area is 168 Å². The highest BCUT2D eigenvalue weighted by atomic mass is 16.5. The Hall–Kier alpha value is -3.86. The van der Waals surface area contributed by atoms with Gasteiger partial charge >= 0.3 is 0 Å². The van der Waals surface area contributed by atoms with Gasteiger partial charge in [0.05, 0.1) is 12.3 Å². The molecule has 0 radical (unpaired) electrons. The van der Waals surface area contributed by atoms with Crippen LogP contribution in [-0.4, -0.2) is 23.5 Å². The third-order valence-electron chi connectivity index (χ3n) is 4.69. The van der Waals surface area contributed by atoms with Crippen LogP contribution >= 0.6 is 0 Å². The van der Waals surface area contributed by atoms with Gasteiger partial charge in [0.1, 0.15) is 11.5 Å². The van der Waals surface area contributed by atoms with E-state index in [1.54, 1.807) is 78.9 Å². The first-order chi connectivity index (χ1) is 14.1. The summed E-state index contributed by atoms with van der Waals surface area (Å²) in [4.78, 5) is 27.6. The standard InChI is InChI=1S/C24H19NO4/c1-2-29-19-13-9-17(10-14-19)25-23(27)21-6-4-3-5-20(21)22(24(25)28)15-16-7-11-18(26)12-8-16/h3-15,26H,2H2,1H3/b22-15-. The van der Waals surface area contributed by atoms with E-state index in [2.05, 4.69) is 0 Å². The largest absolute Gasteiger partial charge is 0.508 e. The van der Waals surface area contributed by atoms with E-state index >= 15 is 0 Å². The predicted molar refractivity (Wildman–Crippen MR) is 112 cm³/mol. The summed E-state index contributed by atoms with van der Waals surface area (Å²) in [6, 6.07) is 20.5. The van der Waals surface area contributed by atoms with Crippen LogP contribution in [0.25, 0.3) is 11.6 Å². The number of phenolic OH excluding ortho intramolecular Hbond substituents is 1. The van der Waals surface area contributed by atoms with Gasteiger partial charge in [-0.3, -0.25) is 9.59 Å². The van der Waals surface area contributed by atoms with Crippen molar-refractivity contribution >= 4 is 29.2 Å². The van der Waals surface area contributed by atoms with Crippen LogP contribution in [0, 0.1) is 0 Å². The maximum absolute atomic E-state index is 13.3. The maximum atomic E-state index is 13.3. The van der Waals surface area contributed by atoms with Crippen LogP contribution in [0.15, 0.2) is 72.8 Å². The minimum atomic E-state index is -0.397. The fraction of sp³-hybridized carbons (Fsp3) is 0.0833. The molecule has 5 nitrogen and oxygen atoms in total. The number of benzene rings is 3. The van der Waals surface area contributed by atoms with Crippen LogP contribution in [0.3, 0.4) is 0 Å². The number of phenols is 1. The van der Waals surface area contributed by atoms with E-state index in [0.29, 0.717) is 34.7 Å². The van der Waals surface area contributed by atoms with Crippen molar-refractivity contribution in [3.8, 4) is 11.5 Å². The average molecular weight is 385 g/mol. The van der Waals surface area contributed by atoms with Gasteiger partial charge in [0.15, 0.2) is 0 Å². The number of hydrogen-bond acceptors (Lipinski definition) is 4. The van der Waals surface area contributed by atoms with Crippen molar-refractivity contribution in [2.45, 2.75) is 6.92 Å². The summed E-state index contributed by atoms with van der Waals surface area (Å²) in [5.41, 5.74) is 2.71. The lowest BCUT2D eigenvalue weighted by atomic mass is 9.91.